The van der Waals surface area contributed by atoms with E-state index in [0.29, 0.717) is 11.8 Å². The second-order valence-electron chi connectivity index (χ2n) is 29.6. The van der Waals surface area contributed by atoms with Gasteiger partial charge in [0, 0.05) is 86.5 Å². The van der Waals surface area contributed by atoms with Crippen molar-refractivity contribution >= 4 is 163 Å². The Morgan fingerprint density at radius 1 is 0.191 bits per heavy atom. The van der Waals surface area contributed by atoms with Gasteiger partial charge in [-0.25, -0.2) is 19.9 Å². The van der Waals surface area contributed by atoms with Crippen LogP contribution in [-0.4, -0.2) is 37.9 Å². The molecule has 17 aromatic carbocycles. The normalized spacial score (nSPS) is 12.4. The number of rotatable bonds is 8. The van der Waals surface area contributed by atoms with Crippen LogP contribution >= 0.6 is 0 Å². The molecule has 0 saturated carbocycles. The first-order chi connectivity index (χ1) is 54.5. The molecule has 25 aromatic rings. The average Bonchev–Trinajstić information content (AvgIpc) is 1.52. The largest absolute Gasteiger partial charge is 0.308 e. The van der Waals surface area contributed by atoms with E-state index < -0.39 is 0 Å². The summed E-state index contributed by atoms with van der Waals surface area (Å²) in [5.74, 6) is 2.13. The molecule has 0 atom stereocenters. The highest BCUT2D eigenvalue weighted by Gasteiger charge is 2.29. The van der Waals surface area contributed by atoms with Gasteiger partial charge in [0.15, 0.2) is 5.82 Å². The molecular weight excluding hydrogens is 1340 g/mol. The predicted molar refractivity (Wildman–Crippen MR) is 458 cm³/mol. The summed E-state index contributed by atoms with van der Waals surface area (Å²) in [6, 6.07) is 129. The number of aromatic nitrogens is 8. The fraction of sp³-hybridized carbons (Fsp3) is 0. The van der Waals surface area contributed by atoms with Gasteiger partial charge in [0.1, 0.15) is 5.82 Å². The van der Waals surface area contributed by atoms with Crippen LogP contribution in [0.15, 0.2) is 352 Å². The minimum Gasteiger partial charge on any atom is -0.308 e. The van der Waals surface area contributed by atoms with Crippen LogP contribution in [0.2, 0.25) is 0 Å². The molecule has 8 heterocycles. The lowest BCUT2D eigenvalue weighted by molar-refractivity contribution is 1.01. The molecule has 0 unspecified atom stereocenters. The van der Waals surface area contributed by atoms with Crippen LogP contribution in [0.1, 0.15) is 0 Å². The summed E-state index contributed by atoms with van der Waals surface area (Å²) in [5.41, 5.74) is 25.4. The molecule has 0 bridgehead atoms. The molecule has 0 N–H and O–H groups in total. The monoisotopic (exact) mass is 1390 g/mol. The van der Waals surface area contributed by atoms with Crippen molar-refractivity contribution in [2.24, 2.45) is 0 Å². The fourth-order valence-corrected chi connectivity index (χ4v) is 18.9. The predicted octanol–water partition coefficient (Wildman–Crippen LogP) is 26.4. The smallest absolute Gasteiger partial charge is 0.235 e. The Morgan fingerprint density at radius 2 is 0.582 bits per heavy atom. The number of nitrogens with zero attached hydrogens (tertiary/aromatic N) is 8. The summed E-state index contributed by atoms with van der Waals surface area (Å²) in [5, 5.41) is 21.1. The van der Waals surface area contributed by atoms with Gasteiger partial charge in [-0.3, -0.25) is 9.13 Å². The van der Waals surface area contributed by atoms with Gasteiger partial charge in [-0.15, -0.1) is 0 Å². The summed E-state index contributed by atoms with van der Waals surface area (Å²) in [6.07, 6.45) is 0. The van der Waals surface area contributed by atoms with Gasteiger partial charge in [-0.2, -0.15) is 0 Å². The highest BCUT2D eigenvalue weighted by Crippen LogP contribution is 2.51. The van der Waals surface area contributed by atoms with Crippen molar-refractivity contribution in [2.75, 3.05) is 0 Å². The summed E-state index contributed by atoms with van der Waals surface area (Å²) in [6.45, 7) is 0. The Morgan fingerprint density at radius 3 is 1.18 bits per heavy atom. The van der Waals surface area contributed by atoms with Crippen molar-refractivity contribution in [1.82, 2.24) is 37.9 Å². The zero-order valence-corrected chi connectivity index (χ0v) is 59.1. The van der Waals surface area contributed by atoms with Gasteiger partial charge >= 0.3 is 0 Å². The molecule has 0 aliphatic rings. The van der Waals surface area contributed by atoms with Gasteiger partial charge in [0.25, 0.3) is 0 Å². The zero-order valence-electron chi connectivity index (χ0n) is 59.1. The first-order valence-electron chi connectivity index (χ1n) is 37.7. The van der Waals surface area contributed by atoms with Crippen LogP contribution in [0.3, 0.4) is 0 Å². The third-order valence-electron chi connectivity index (χ3n) is 23.8. The van der Waals surface area contributed by atoms with Gasteiger partial charge in [0.2, 0.25) is 5.95 Å². The number of hydrogen-bond acceptors (Lipinski definition) is 4. The Labute approximate surface area is 627 Å². The van der Waals surface area contributed by atoms with E-state index in [2.05, 4.69) is 370 Å². The van der Waals surface area contributed by atoms with E-state index in [9.17, 15) is 0 Å². The van der Waals surface area contributed by atoms with Gasteiger partial charge in [0.05, 0.1) is 71.9 Å². The number of fused-ring (bicyclic) bond motifs is 25. The molecule has 25 rings (SSSR count). The number of benzene rings is 17. The van der Waals surface area contributed by atoms with Crippen LogP contribution in [0.25, 0.3) is 242 Å². The molecule has 506 valence electrons. The van der Waals surface area contributed by atoms with Crippen molar-refractivity contribution in [3.05, 3.63) is 352 Å². The molecule has 0 amide bonds. The molecular formula is C102H58N8. The molecule has 0 aliphatic heterocycles. The van der Waals surface area contributed by atoms with Crippen molar-refractivity contribution in [3.63, 3.8) is 0 Å². The molecule has 0 aliphatic carbocycles. The molecule has 8 nitrogen and oxygen atoms in total. The molecule has 0 spiro atoms. The molecule has 0 radical (unpaired) electrons. The third kappa shape index (κ3) is 8.33. The van der Waals surface area contributed by atoms with E-state index in [0.717, 1.165) is 105 Å². The van der Waals surface area contributed by atoms with E-state index in [-0.39, 0.29) is 0 Å². The van der Waals surface area contributed by atoms with E-state index in [1.807, 2.05) is 0 Å². The van der Waals surface area contributed by atoms with Crippen LogP contribution in [0.5, 0.6) is 0 Å². The third-order valence-corrected chi connectivity index (χ3v) is 23.8. The Kier molecular flexibility index (Phi) is 12.1. The highest BCUT2D eigenvalue weighted by molar-refractivity contribution is 6.38. The van der Waals surface area contributed by atoms with Crippen molar-refractivity contribution in [2.45, 2.75) is 0 Å². The zero-order chi connectivity index (χ0) is 71.6. The summed E-state index contributed by atoms with van der Waals surface area (Å²) in [7, 11) is 0. The van der Waals surface area contributed by atoms with Crippen molar-refractivity contribution in [1.29, 1.82) is 0 Å². The van der Waals surface area contributed by atoms with Gasteiger partial charge in [-0.1, -0.05) is 255 Å². The fourth-order valence-electron chi connectivity index (χ4n) is 18.9. The maximum atomic E-state index is 5.73. The van der Waals surface area contributed by atoms with Crippen LogP contribution < -0.4 is 0 Å². The van der Waals surface area contributed by atoms with E-state index in [1.165, 1.54) is 126 Å². The molecule has 110 heavy (non-hydrogen) atoms. The van der Waals surface area contributed by atoms with Crippen molar-refractivity contribution < 1.29 is 0 Å². The Bertz CT molecular complexity index is 8250. The average molecular weight is 1400 g/mol. The molecule has 8 aromatic heterocycles. The first-order valence-corrected chi connectivity index (χ1v) is 37.7. The quantitative estimate of drug-likeness (QED) is 0.142. The van der Waals surface area contributed by atoms with Crippen LogP contribution in [0.4, 0.5) is 0 Å². The van der Waals surface area contributed by atoms with Gasteiger partial charge in [-0.05, 0) is 163 Å². The maximum Gasteiger partial charge on any atom is 0.235 e. The lowest BCUT2D eigenvalue weighted by atomic mass is 9.95. The van der Waals surface area contributed by atoms with Gasteiger partial charge < -0.3 is 8.80 Å². The topological polar surface area (TPSA) is 70.2 Å². The lowest BCUT2D eigenvalue weighted by Gasteiger charge is -2.13. The molecule has 0 saturated heterocycles. The Balaban J connectivity index is 0.657. The second-order valence-corrected chi connectivity index (χ2v) is 29.6. The lowest BCUT2D eigenvalue weighted by Crippen LogP contribution is -2.03. The number of hydrogen-bond donors (Lipinski definition) is 0. The SMILES string of the molecule is c1ccc(-c2ccc(-c3nc(-n4c5ccc(-c6ccc7c(ccc8cc(-c9nc(-n%10c%11ccccc%11c%11c%12c%13ccccc%13n%13c%14ccc(-c%15ccccc%15)cc%14c(cc%11%10)c%12%13)nc%10ccccc9%10)ccc87)c6)cc5c5c6c7ccccc7n7c8ccc(-c9ccccc9)cc8c(cc54)c67)c4ccccc4n3)cc2)cc1. The Hall–Kier alpha value is -14.9. The molecule has 8 heteroatoms. The van der Waals surface area contributed by atoms with E-state index in [1.54, 1.807) is 0 Å². The van der Waals surface area contributed by atoms with E-state index in [4.69, 9.17) is 19.9 Å². The number of para-hydroxylation sites is 5. The minimum absolute atomic E-state index is 0.630. The second kappa shape index (κ2) is 22.4. The summed E-state index contributed by atoms with van der Waals surface area (Å²) in [4.78, 5) is 22.3. The highest BCUT2D eigenvalue weighted by atomic mass is 15.2. The van der Waals surface area contributed by atoms with E-state index >= 15 is 0 Å². The minimum atomic E-state index is 0.630. The van der Waals surface area contributed by atoms with Crippen LogP contribution in [-0.2, 0) is 0 Å². The molecule has 0 fully saturated rings. The van der Waals surface area contributed by atoms with Crippen LogP contribution in [0, 0.1) is 0 Å². The summed E-state index contributed by atoms with van der Waals surface area (Å²) < 4.78 is 9.75. The standard InChI is InChI=1S/C102H58N8/c1-4-20-59(21-5-1)62-36-38-63(39-37-62)100-103-84-32-16-11-27-74(84)101(106-100)109-90-51-46-67(56-82(90)94-91(109)57-80-78-54-65(60-22-6-2-7-23-60)44-49-88(78)108-86-34-18-14-30-77(86)96(94)99(80)108)64-42-47-71-68(52-64)40-41-69-53-70(43-48-72(69)71)97-73-26-10-15-31-83(73)104-102(105-97)110-87-35-19-12-28-75(87)93-92(110)58-81-79-55-66(61-24-8-3-9-25-61)45-50-89(79)107-85-33-17-13-29-76(85)95(93)98(81)107/h1-58H. The summed E-state index contributed by atoms with van der Waals surface area (Å²) >= 11 is 0. The first kappa shape index (κ1) is 59.4. The maximum absolute atomic E-state index is 5.73. The van der Waals surface area contributed by atoms with Crippen molar-refractivity contribution in [3.8, 4) is 78.9 Å².